The van der Waals surface area contributed by atoms with Gasteiger partial charge in [0.05, 0.1) is 0 Å². The molecule has 132 valence electrons. The zero-order valence-corrected chi connectivity index (χ0v) is 15.3. The largest absolute Gasteiger partial charge is 0.365 e. The van der Waals surface area contributed by atoms with Gasteiger partial charge in [-0.25, -0.2) is 4.98 Å². The molecule has 0 radical (unpaired) electrons. The van der Waals surface area contributed by atoms with E-state index in [4.69, 9.17) is 11.5 Å². The summed E-state index contributed by atoms with van der Waals surface area (Å²) in [4.78, 5) is 20.3. The van der Waals surface area contributed by atoms with E-state index >= 15 is 0 Å². The van der Waals surface area contributed by atoms with Crippen LogP contribution in [0.25, 0.3) is 0 Å². The molecule has 2 atom stereocenters. The summed E-state index contributed by atoms with van der Waals surface area (Å²) in [5, 5.41) is 6.42. The van der Waals surface area contributed by atoms with Crippen molar-refractivity contribution in [2.45, 2.75) is 37.8 Å². The lowest BCUT2D eigenvalue weighted by atomic mass is 9.91. The SMILES string of the molecule is NC(=O)c1cnc(N[C@@H]2CCCC[C@@H]2N)nc1Nc1cccc(Br)c1. The predicted octanol–water partition coefficient (Wildman–Crippen LogP) is 2.76. The van der Waals surface area contributed by atoms with Gasteiger partial charge in [-0.1, -0.05) is 34.8 Å². The molecule has 0 spiro atoms. The minimum absolute atomic E-state index is 0.0784. The van der Waals surface area contributed by atoms with Crippen molar-refractivity contribution < 1.29 is 4.79 Å². The van der Waals surface area contributed by atoms with Crippen LogP contribution in [0.4, 0.5) is 17.5 Å². The number of carbonyl (C=O) groups is 1. The van der Waals surface area contributed by atoms with E-state index in [0.29, 0.717) is 11.8 Å². The topological polar surface area (TPSA) is 119 Å². The molecule has 0 bridgehead atoms. The van der Waals surface area contributed by atoms with E-state index in [9.17, 15) is 4.79 Å². The number of hydrogen-bond acceptors (Lipinski definition) is 6. The molecule has 1 aliphatic carbocycles. The normalized spacial score (nSPS) is 20.1. The molecule has 0 saturated heterocycles. The molecular formula is C17H21BrN6O. The monoisotopic (exact) mass is 404 g/mol. The lowest BCUT2D eigenvalue weighted by molar-refractivity contribution is 0.100. The van der Waals surface area contributed by atoms with E-state index in [1.807, 2.05) is 24.3 Å². The zero-order chi connectivity index (χ0) is 17.8. The first kappa shape index (κ1) is 17.6. The van der Waals surface area contributed by atoms with Gasteiger partial charge in [0.2, 0.25) is 5.95 Å². The standard InChI is InChI=1S/C17H21BrN6O/c18-10-4-3-5-11(8-10)22-16-12(15(20)25)9-21-17(24-16)23-14-7-2-1-6-13(14)19/h3-5,8-9,13-14H,1-2,6-7,19H2,(H2,20,25)(H2,21,22,23,24)/t13-,14+/m0/s1. The lowest BCUT2D eigenvalue weighted by Gasteiger charge is -2.29. The number of aromatic nitrogens is 2. The minimum atomic E-state index is -0.585. The lowest BCUT2D eigenvalue weighted by Crippen LogP contribution is -2.43. The summed E-state index contributed by atoms with van der Waals surface area (Å²) in [6.45, 7) is 0. The van der Waals surface area contributed by atoms with Gasteiger partial charge < -0.3 is 22.1 Å². The van der Waals surface area contributed by atoms with E-state index < -0.39 is 5.91 Å². The first-order chi connectivity index (χ1) is 12.0. The second-order valence-corrected chi connectivity index (χ2v) is 7.07. The number of amides is 1. The second kappa shape index (κ2) is 7.79. The first-order valence-corrected chi connectivity index (χ1v) is 9.04. The average molecular weight is 405 g/mol. The summed E-state index contributed by atoms with van der Waals surface area (Å²) in [5.74, 6) is 0.218. The van der Waals surface area contributed by atoms with Crippen molar-refractivity contribution in [3.05, 3.63) is 40.5 Å². The Hall–Kier alpha value is -2.19. The van der Waals surface area contributed by atoms with Gasteiger partial charge in [-0.2, -0.15) is 4.98 Å². The van der Waals surface area contributed by atoms with Gasteiger partial charge >= 0.3 is 0 Å². The summed E-state index contributed by atoms with van der Waals surface area (Å²) in [5.41, 5.74) is 12.6. The first-order valence-electron chi connectivity index (χ1n) is 8.24. The maximum absolute atomic E-state index is 11.7. The third kappa shape index (κ3) is 4.46. The highest BCUT2D eigenvalue weighted by Gasteiger charge is 2.23. The second-order valence-electron chi connectivity index (χ2n) is 6.15. The molecule has 0 aliphatic heterocycles. The quantitative estimate of drug-likeness (QED) is 0.608. The van der Waals surface area contributed by atoms with Crippen molar-refractivity contribution in [2.75, 3.05) is 10.6 Å². The Morgan fingerprint density at radius 1 is 1.28 bits per heavy atom. The van der Waals surface area contributed by atoms with E-state index in [1.165, 1.54) is 6.20 Å². The van der Waals surface area contributed by atoms with Crippen molar-refractivity contribution in [1.29, 1.82) is 0 Å². The van der Waals surface area contributed by atoms with Gasteiger partial charge in [-0.3, -0.25) is 4.79 Å². The number of nitrogens with two attached hydrogens (primary N) is 2. The van der Waals surface area contributed by atoms with Gasteiger partial charge in [0.1, 0.15) is 11.4 Å². The fourth-order valence-electron chi connectivity index (χ4n) is 2.93. The van der Waals surface area contributed by atoms with Crippen LogP contribution in [-0.4, -0.2) is 28.0 Å². The van der Waals surface area contributed by atoms with Crippen LogP contribution in [0.1, 0.15) is 36.0 Å². The summed E-state index contributed by atoms with van der Waals surface area (Å²) in [6.07, 6.45) is 5.69. The van der Waals surface area contributed by atoms with Crippen LogP contribution in [-0.2, 0) is 0 Å². The van der Waals surface area contributed by atoms with Crippen LogP contribution in [0.2, 0.25) is 0 Å². The zero-order valence-electron chi connectivity index (χ0n) is 13.7. The molecule has 1 amide bonds. The van der Waals surface area contributed by atoms with Gasteiger partial charge in [0.15, 0.2) is 0 Å². The Kier molecular flexibility index (Phi) is 5.50. The Morgan fingerprint density at radius 3 is 2.80 bits per heavy atom. The van der Waals surface area contributed by atoms with Crippen molar-refractivity contribution >= 4 is 39.3 Å². The van der Waals surface area contributed by atoms with E-state index in [-0.39, 0.29) is 17.6 Å². The molecule has 1 aromatic carbocycles. The van der Waals surface area contributed by atoms with E-state index in [0.717, 1.165) is 35.8 Å². The molecule has 1 aliphatic rings. The van der Waals surface area contributed by atoms with Crippen molar-refractivity contribution in [3.63, 3.8) is 0 Å². The highest BCUT2D eigenvalue weighted by Crippen LogP contribution is 2.24. The third-order valence-corrected chi connectivity index (χ3v) is 4.77. The average Bonchev–Trinajstić information content (AvgIpc) is 2.57. The Balaban J connectivity index is 1.85. The van der Waals surface area contributed by atoms with Crippen molar-refractivity contribution in [1.82, 2.24) is 9.97 Å². The smallest absolute Gasteiger partial charge is 0.254 e. The maximum atomic E-state index is 11.7. The number of halogens is 1. The number of nitrogens with zero attached hydrogens (tertiary/aromatic N) is 2. The molecule has 0 unspecified atom stereocenters. The molecule has 3 rings (SSSR count). The summed E-state index contributed by atoms with van der Waals surface area (Å²) < 4.78 is 0.915. The number of hydrogen-bond donors (Lipinski definition) is 4. The van der Waals surface area contributed by atoms with Crippen molar-refractivity contribution in [2.24, 2.45) is 11.5 Å². The fraction of sp³-hybridized carbons (Fsp3) is 0.353. The maximum Gasteiger partial charge on any atom is 0.254 e. The molecule has 25 heavy (non-hydrogen) atoms. The molecule has 1 saturated carbocycles. The molecule has 1 fully saturated rings. The Morgan fingerprint density at radius 2 is 2.08 bits per heavy atom. The number of rotatable bonds is 5. The third-order valence-electron chi connectivity index (χ3n) is 4.28. The minimum Gasteiger partial charge on any atom is -0.365 e. The molecule has 6 N–H and O–H groups in total. The number of carbonyl (C=O) groups excluding carboxylic acids is 1. The summed E-state index contributed by atoms with van der Waals surface area (Å²) in [7, 11) is 0. The van der Waals surface area contributed by atoms with Crippen LogP contribution in [0, 0.1) is 0 Å². The van der Waals surface area contributed by atoms with Gasteiger partial charge in [-0.05, 0) is 31.0 Å². The molecule has 8 heteroatoms. The molecule has 2 aromatic rings. The Labute approximate surface area is 154 Å². The predicted molar refractivity (Wildman–Crippen MR) is 102 cm³/mol. The highest BCUT2D eigenvalue weighted by atomic mass is 79.9. The molecule has 7 nitrogen and oxygen atoms in total. The van der Waals surface area contributed by atoms with Crippen LogP contribution < -0.4 is 22.1 Å². The summed E-state index contributed by atoms with van der Waals surface area (Å²) in [6, 6.07) is 7.77. The van der Waals surface area contributed by atoms with E-state index in [2.05, 4.69) is 36.5 Å². The van der Waals surface area contributed by atoms with E-state index in [1.54, 1.807) is 0 Å². The van der Waals surface area contributed by atoms with Crippen molar-refractivity contribution in [3.8, 4) is 0 Å². The Bertz CT molecular complexity index is 769. The number of benzene rings is 1. The molecular weight excluding hydrogens is 384 g/mol. The van der Waals surface area contributed by atoms with Crippen LogP contribution >= 0.6 is 15.9 Å². The fourth-order valence-corrected chi connectivity index (χ4v) is 3.33. The molecule has 1 heterocycles. The van der Waals surface area contributed by atoms with Gasteiger partial charge in [-0.15, -0.1) is 0 Å². The summed E-state index contributed by atoms with van der Waals surface area (Å²) >= 11 is 3.42. The van der Waals surface area contributed by atoms with Gasteiger partial charge in [0, 0.05) is 28.4 Å². The number of primary amides is 1. The van der Waals surface area contributed by atoms with Crippen LogP contribution in [0.15, 0.2) is 34.9 Å². The van der Waals surface area contributed by atoms with Crippen LogP contribution in [0.5, 0.6) is 0 Å². The van der Waals surface area contributed by atoms with Crippen LogP contribution in [0.3, 0.4) is 0 Å². The highest BCUT2D eigenvalue weighted by molar-refractivity contribution is 9.10. The molecule has 1 aromatic heterocycles. The number of nitrogens with one attached hydrogen (secondary N) is 2. The van der Waals surface area contributed by atoms with Gasteiger partial charge in [0.25, 0.3) is 5.91 Å². The number of anilines is 3.